The Balaban J connectivity index is 2.76. The number of thiazole rings is 1. The lowest BCUT2D eigenvalue weighted by Crippen LogP contribution is -1.84. The van der Waals surface area contributed by atoms with Crippen LogP contribution in [0.5, 0.6) is 0 Å². The molecular formula is C7H6N2O2S2. The standard InChI is InChI=1S/C7H6N2O2S2/c1-3-5-6(4(2)12-3)13-7(8-5)9(10)11/h1-2H3. The second-order valence-corrected chi connectivity index (χ2v) is 5.05. The molecule has 0 amide bonds. The van der Waals surface area contributed by atoms with Crippen LogP contribution in [0.4, 0.5) is 5.13 Å². The van der Waals surface area contributed by atoms with Crippen molar-refractivity contribution in [2.24, 2.45) is 0 Å². The van der Waals surface area contributed by atoms with Crippen LogP contribution in [0.1, 0.15) is 9.75 Å². The van der Waals surface area contributed by atoms with E-state index in [9.17, 15) is 10.1 Å². The highest BCUT2D eigenvalue weighted by molar-refractivity contribution is 7.26. The van der Waals surface area contributed by atoms with Crippen molar-refractivity contribution >= 4 is 38.0 Å². The summed E-state index contributed by atoms with van der Waals surface area (Å²) in [6, 6.07) is 0. The molecule has 2 aromatic rings. The third-order valence-electron chi connectivity index (χ3n) is 1.73. The molecule has 4 nitrogen and oxygen atoms in total. The quantitative estimate of drug-likeness (QED) is 0.541. The van der Waals surface area contributed by atoms with Crippen LogP contribution >= 0.6 is 22.7 Å². The second kappa shape index (κ2) is 2.74. The van der Waals surface area contributed by atoms with Crippen molar-refractivity contribution in [1.29, 1.82) is 0 Å². The maximum absolute atomic E-state index is 10.4. The Labute approximate surface area is 82.0 Å². The number of aromatic nitrogens is 1. The highest BCUT2D eigenvalue weighted by Gasteiger charge is 2.20. The zero-order valence-electron chi connectivity index (χ0n) is 7.03. The van der Waals surface area contributed by atoms with Crippen molar-refractivity contribution in [1.82, 2.24) is 4.98 Å². The lowest BCUT2D eigenvalue weighted by atomic mass is 10.4. The molecule has 0 saturated carbocycles. The molecule has 0 spiro atoms. The number of nitrogens with zero attached hydrogens (tertiary/aromatic N) is 2. The first-order valence-corrected chi connectivity index (χ1v) is 5.24. The van der Waals surface area contributed by atoms with Gasteiger partial charge in [0.1, 0.15) is 4.70 Å². The lowest BCUT2D eigenvalue weighted by Gasteiger charge is -1.83. The molecule has 0 N–H and O–H groups in total. The predicted octanol–water partition coefficient (Wildman–Crippen LogP) is 2.88. The van der Waals surface area contributed by atoms with E-state index >= 15 is 0 Å². The molecule has 0 aliphatic rings. The number of thiophene rings is 1. The molecule has 2 aromatic heterocycles. The molecule has 2 heterocycles. The van der Waals surface area contributed by atoms with Gasteiger partial charge < -0.3 is 10.1 Å². The topological polar surface area (TPSA) is 56.0 Å². The van der Waals surface area contributed by atoms with Crippen molar-refractivity contribution < 1.29 is 4.92 Å². The molecule has 0 radical (unpaired) electrons. The van der Waals surface area contributed by atoms with Crippen molar-refractivity contribution in [3.8, 4) is 0 Å². The fraction of sp³-hybridized carbons (Fsp3) is 0.286. The summed E-state index contributed by atoms with van der Waals surface area (Å²) < 4.78 is 0.953. The SMILES string of the molecule is Cc1sc(C)c2sc([N+](=O)[O-])nc12. The number of hydrogen-bond acceptors (Lipinski definition) is 5. The van der Waals surface area contributed by atoms with Crippen LogP contribution in [-0.2, 0) is 0 Å². The molecule has 2 rings (SSSR count). The molecule has 0 unspecified atom stereocenters. The maximum atomic E-state index is 10.4. The average Bonchev–Trinajstić information content (AvgIpc) is 2.55. The van der Waals surface area contributed by atoms with Crippen LogP contribution in [0.2, 0.25) is 0 Å². The largest absolute Gasteiger partial charge is 0.424 e. The number of nitro groups is 1. The van der Waals surface area contributed by atoms with Crippen molar-refractivity contribution in [3.05, 3.63) is 19.9 Å². The van der Waals surface area contributed by atoms with Gasteiger partial charge in [0.15, 0.2) is 0 Å². The molecule has 6 heteroatoms. The van der Waals surface area contributed by atoms with Gasteiger partial charge in [-0.1, -0.05) is 0 Å². The van der Waals surface area contributed by atoms with Crippen LogP contribution in [0.3, 0.4) is 0 Å². The van der Waals surface area contributed by atoms with E-state index in [1.54, 1.807) is 11.3 Å². The number of hydrogen-bond donors (Lipinski definition) is 0. The summed E-state index contributed by atoms with van der Waals surface area (Å²) in [5.74, 6) is 0. The maximum Gasteiger partial charge on any atom is 0.424 e. The first-order chi connectivity index (χ1) is 6.09. The Kier molecular flexibility index (Phi) is 1.81. The first kappa shape index (κ1) is 8.58. The molecule has 13 heavy (non-hydrogen) atoms. The van der Waals surface area contributed by atoms with Crippen molar-refractivity contribution in [3.63, 3.8) is 0 Å². The molecule has 0 aromatic carbocycles. The number of rotatable bonds is 1. The third-order valence-corrected chi connectivity index (χ3v) is 4.00. The van der Waals surface area contributed by atoms with E-state index in [-0.39, 0.29) is 5.13 Å². The van der Waals surface area contributed by atoms with Crippen LogP contribution in [0.15, 0.2) is 0 Å². The van der Waals surface area contributed by atoms with Crippen molar-refractivity contribution in [2.75, 3.05) is 0 Å². The molecule has 0 atom stereocenters. The van der Waals surface area contributed by atoms with E-state index in [2.05, 4.69) is 4.98 Å². The Morgan fingerprint density at radius 2 is 2.00 bits per heavy atom. The number of aryl methyl sites for hydroxylation is 2. The lowest BCUT2D eigenvalue weighted by molar-refractivity contribution is -0.384. The minimum absolute atomic E-state index is 0.0102. The minimum atomic E-state index is -0.436. The highest BCUT2D eigenvalue weighted by Crippen LogP contribution is 2.36. The van der Waals surface area contributed by atoms with E-state index in [0.29, 0.717) is 0 Å². The minimum Gasteiger partial charge on any atom is -0.357 e. The first-order valence-electron chi connectivity index (χ1n) is 3.60. The zero-order chi connectivity index (χ0) is 9.59. The molecule has 0 aliphatic heterocycles. The fourth-order valence-corrected chi connectivity index (χ4v) is 3.23. The van der Waals surface area contributed by atoms with Gasteiger partial charge in [0.2, 0.25) is 5.52 Å². The van der Waals surface area contributed by atoms with E-state index in [1.807, 2.05) is 13.8 Å². The molecular weight excluding hydrogens is 208 g/mol. The Hall–Kier alpha value is -1.01. The smallest absolute Gasteiger partial charge is 0.357 e. The van der Waals surface area contributed by atoms with Gasteiger partial charge >= 0.3 is 5.13 Å². The van der Waals surface area contributed by atoms with E-state index < -0.39 is 4.92 Å². The molecule has 0 fully saturated rings. The second-order valence-electron chi connectivity index (χ2n) is 2.65. The van der Waals surface area contributed by atoms with Gasteiger partial charge in [-0.3, -0.25) is 0 Å². The Morgan fingerprint density at radius 3 is 2.54 bits per heavy atom. The van der Waals surface area contributed by atoms with E-state index in [0.717, 1.165) is 31.3 Å². The monoisotopic (exact) mass is 214 g/mol. The average molecular weight is 214 g/mol. The summed E-state index contributed by atoms with van der Waals surface area (Å²) in [4.78, 5) is 16.1. The van der Waals surface area contributed by atoms with Gasteiger partial charge in [-0.15, -0.1) is 11.3 Å². The van der Waals surface area contributed by atoms with Crippen LogP contribution < -0.4 is 0 Å². The summed E-state index contributed by atoms with van der Waals surface area (Å²) >= 11 is 2.79. The Bertz CT molecular complexity index is 451. The van der Waals surface area contributed by atoms with Gasteiger partial charge in [-0.05, 0) is 35.1 Å². The number of fused-ring (bicyclic) bond motifs is 1. The van der Waals surface area contributed by atoms with E-state index in [4.69, 9.17) is 0 Å². The van der Waals surface area contributed by atoms with Crippen LogP contribution in [-0.4, -0.2) is 9.91 Å². The van der Waals surface area contributed by atoms with Gasteiger partial charge in [-0.2, -0.15) is 0 Å². The third kappa shape index (κ3) is 1.22. The summed E-state index contributed by atoms with van der Waals surface area (Å²) in [6.07, 6.45) is 0. The molecule has 68 valence electrons. The highest BCUT2D eigenvalue weighted by atomic mass is 32.1. The predicted molar refractivity (Wildman–Crippen MR) is 53.6 cm³/mol. The van der Waals surface area contributed by atoms with Gasteiger partial charge in [0, 0.05) is 4.88 Å². The molecule has 0 bridgehead atoms. The van der Waals surface area contributed by atoms with Crippen LogP contribution in [0, 0.1) is 24.0 Å². The Morgan fingerprint density at radius 1 is 1.31 bits per heavy atom. The summed E-state index contributed by atoms with van der Waals surface area (Å²) in [5.41, 5.74) is 0.791. The normalized spacial score (nSPS) is 10.9. The summed E-state index contributed by atoms with van der Waals surface area (Å²) in [5, 5.41) is 10.4. The zero-order valence-corrected chi connectivity index (χ0v) is 8.66. The van der Waals surface area contributed by atoms with Crippen LogP contribution in [0.25, 0.3) is 10.2 Å². The molecule has 0 saturated heterocycles. The summed E-state index contributed by atoms with van der Waals surface area (Å²) in [6.45, 7) is 3.89. The van der Waals surface area contributed by atoms with Crippen molar-refractivity contribution in [2.45, 2.75) is 13.8 Å². The van der Waals surface area contributed by atoms with Gasteiger partial charge in [0.25, 0.3) is 0 Å². The van der Waals surface area contributed by atoms with Gasteiger partial charge in [-0.25, -0.2) is 0 Å². The van der Waals surface area contributed by atoms with Gasteiger partial charge in [0.05, 0.1) is 4.88 Å². The fourth-order valence-electron chi connectivity index (χ4n) is 1.19. The van der Waals surface area contributed by atoms with E-state index in [1.165, 1.54) is 0 Å². The summed E-state index contributed by atoms with van der Waals surface area (Å²) in [7, 11) is 0. The molecule has 0 aliphatic carbocycles.